The first-order valence-electron chi connectivity index (χ1n) is 7.14. The van der Waals surface area contributed by atoms with E-state index in [1.165, 1.54) is 50.6 Å². The summed E-state index contributed by atoms with van der Waals surface area (Å²) in [6, 6.07) is 8.99. The Morgan fingerprint density at radius 3 is 2.71 bits per heavy atom. The third-order valence-corrected chi connectivity index (χ3v) is 4.59. The minimum atomic E-state index is 0.307. The molecule has 2 aliphatic rings. The zero-order valence-electron chi connectivity index (χ0n) is 10.8. The molecular formula is C16H23N. The molecule has 1 heteroatoms. The molecule has 0 radical (unpaired) electrons. The number of hydrogen-bond acceptors (Lipinski definition) is 1. The van der Waals surface area contributed by atoms with Crippen LogP contribution in [0.2, 0.25) is 0 Å². The molecular weight excluding hydrogens is 206 g/mol. The van der Waals surface area contributed by atoms with Gasteiger partial charge in [0.15, 0.2) is 0 Å². The Kier molecular flexibility index (Phi) is 2.96. The summed E-state index contributed by atoms with van der Waals surface area (Å²) in [5.74, 6) is 0.890. The molecule has 2 fully saturated rings. The van der Waals surface area contributed by atoms with Crippen LogP contribution in [0.3, 0.4) is 0 Å². The molecule has 1 nitrogen and oxygen atoms in total. The van der Waals surface area contributed by atoms with E-state index in [0.29, 0.717) is 5.54 Å². The molecule has 1 saturated carbocycles. The Hall–Kier alpha value is -0.820. The van der Waals surface area contributed by atoms with E-state index in [9.17, 15) is 0 Å². The molecule has 0 bridgehead atoms. The standard InChI is InChI=1S/C16H23N/c1-13-7-3-4-8-15(13)16(14-9-10-14)11-5-2-6-12-17-16/h3-4,7-8,14,17H,2,5-6,9-12H2,1H3. The van der Waals surface area contributed by atoms with E-state index in [1.54, 1.807) is 5.56 Å². The molecule has 17 heavy (non-hydrogen) atoms. The topological polar surface area (TPSA) is 12.0 Å². The van der Waals surface area contributed by atoms with Crippen LogP contribution in [-0.4, -0.2) is 6.54 Å². The van der Waals surface area contributed by atoms with Crippen LogP contribution in [0.25, 0.3) is 0 Å². The Bertz CT molecular complexity index is 384. The molecule has 1 atom stereocenters. The van der Waals surface area contributed by atoms with Crippen LogP contribution in [0, 0.1) is 12.8 Å². The molecule has 1 aliphatic heterocycles. The highest BCUT2D eigenvalue weighted by molar-refractivity contribution is 5.35. The lowest BCUT2D eigenvalue weighted by Gasteiger charge is -2.36. The van der Waals surface area contributed by atoms with Crippen LogP contribution in [-0.2, 0) is 5.54 Å². The van der Waals surface area contributed by atoms with Gasteiger partial charge in [0.25, 0.3) is 0 Å². The molecule has 92 valence electrons. The maximum atomic E-state index is 3.91. The lowest BCUT2D eigenvalue weighted by Crippen LogP contribution is -2.44. The minimum Gasteiger partial charge on any atom is -0.307 e. The van der Waals surface area contributed by atoms with Gasteiger partial charge in [0, 0.05) is 5.54 Å². The van der Waals surface area contributed by atoms with Crippen molar-refractivity contribution in [1.82, 2.24) is 5.32 Å². The number of rotatable bonds is 2. The third-order valence-electron chi connectivity index (χ3n) is 4.59. The van der Waals surface area contributed by atoms with E-state index < -0.39 is 0 Å². The van der Waals surface area contributed by atoms with E-state index >= 15 is 0 Å². The molecule has 1 aromatic rings. The Morgan fingerprint density at radius 2 is 1.94 bits per heavy atom. The van der Waals surface area contributed by atoms with Gasteiger partial charge in [-0.1, -0.05) is 37.1 Å². The van der Waals surface area contributed by atoms with Crippen LogP contribution in [0.15, 0.2) is 24.3 Å². The Morgan fingerprint density at radius 1 is 1.12 bits per heavy atom. The molecule has 1 saturated heterocycles. The van der Waals surface area contributed by atoms with Gasteiger partial charge in [-0.2, -0.15) is 0 Å². The SMILES string of the molecule is Cc1ccccc1C1(C2CC2)CCCCCN1. The van der Waals surface area contributed by atoms with Gasteiger partial charge in [0.05, 0.1) is 0 Å². The number of aryl methyl sites for hydroxylation is 1. The predicted octanol–water partition coefficient (Wildman–Crippen LogP) is 3.76. The minimum absolute atomic E-state index is 0.307. The largest absolute Gasteiger partial charge is 0.307 e. The fourth-order valence-electron chi connectivity index (χ4n) is 3.55. The average molecular weight is 229 g/mol. The number of hydrogen-bond donors (Lipinski definition) is 1. The van der Waals surface area contributed by atoms with Gasteiger partial charge in [-0.25, -0.2) is 0 Å². The van der Waals surface area contributed by atoms with Crippen molar-refractivity contribution in [2.75, 3.05) is 6.54 Å². The Balaban J connectivity index is 2.01. The summed E-state index contributed by atoms with van der Waals surface area (Å²) in [7, 11) is 0. The molecule has 3 rings (SSSR count). The quantitative estimate of drug-likeness (QED) is 0.814. The van der Waals surface area contributed by atoms with Gasteiger partial charge >= 0.3 is 0 Å². The summed E-state index contributed by atoms with van der Waals surface area (Å²) in [4.78, 5) is 0. The lowest BCUT2D eigenvalue weighted by molar-refractivity contribution is 0.277. The maximum absolute atomic E-state index is 3.91. The van der Waals surface area contributed by atoms with Crippen LogP contribution in [0.1, 0.15) is 49.7 Å². The second kappa shape index (κ2) is 4.45. The van der Waals surface area contributed by atoms with E-state index in [4.69, 9.17) is 0 Å². The summed E-state index contributed by atoms with van der Waals surface area (Å²) in [6.45, 7) is 3.47. The lowest BCUT2D eigenvalue weighted by atomic mass is 9.79. The molecule has 1 heterocycles. The zero-order valence-corrected chi connectivity index (χ0v) is 10.8. The first kappa shape index (κ1) is 11.3. The monoisotopic (exact) mass is 229 g/mol. The van der Waals surface area contributed by atoms with Gasteiger partial charge in [0.2, 0.25) is 0 Å². The number of benzene rings is 1. The highest BCUT2D eigenvalue weighted by Gasteiger charge is 2.46. The van der Waals surface area contributed by atoms with E-state index in [2.05, 4.69) is 36.5 Å². The van der Waals surface area contributed by atoms with Gasteiger partial charge < -0.3 is 5.32 Å². The molecule has 0 amide bonds. The normalized spacial score (nSPS) is 29.9. The van der Waals surface area contributed by atoms with Gasteiger partial charge in [-0.15, -0.1) is 0 Å². The van der Waals surface area contributed by atoms with Gasteiger partial charge in [-0.3, -0.25) is 0 Å². The highest BCUT2D eigenvalue weighted by Crippen LogP contribution is 2.50. The highest BCUT2D eigenvalue weighted by atomic mass is 15.0. The van der Waals surface area contributed by atoms with Crippen LogP contribution >= 0.6 is 0 Å². The van der Waals surface area contributed by atoms with E-state index in [0.717, 1.165) is 5.92 Å². The number of nitrogens with one attached hydrogen (secondary N) is 1. The van der Waals surface area contributed by atoms with Crippen molar-refractivity contribution in [1.29, 1.82) is 0 Å². The molecule has 1 N–H and O–H groups in total. The molecule has 0 aromatic heterocycles. The van der Waals surface area contributed by atoms with Crippen molar-refractivity contribution in [3.05, 3.63) is 35.4 Å². The second-order valence-electron chi connectivity index (χ2n) is 5.80. The van der Waals surface area contributed by atoms with E-state index in [-0.39, 0.29) is 0 Å². The third kappa shape index (κ3) is 2.01. The molecule has 1 aromatic carbocycles. The Labute approximate surface area is 105 Å². The molecule has 1 aliphatic carbocycles. The van der Waals surface area contributed by atoms with Crippen molar-refractivity contribution in [2.24, 2.45) is 5.92 Å². The van der Waals surface area contributed by atoms with Crippen LogP contribution in [0.5, 0.6) is 0 Å². The first-order valence-corrected chi connectivity index (χ1v) is 7.14. The first-order chi connectivity index (χ1) is 8.33. The molecule has 1 unspecified atom stereocenters. The maximum Gasteiger partial charge on any atom is 0.0465 e. The average Bonchev–Trinajstić information content (AvgIpc) is 3.17. The fourth-order valence-corrected chi connectivity index (χ4v) is 3.55. The second-order valence-corrected chi connectivity index (χ2v) is 5.80. The van der Waals surface area contributed by atoms with Gasteiger partial charge in [0.1, 0.15) is 0 Å². The summed E-state index contributed by atoms with van der Waals surface area (Å²) in [5.41, 5.74) is 3.35. The fraction of sp³-hybridized carbons (Fsp3) is 0.625. The van der Waals surface area contributed by atoms with Crippen LogP contribution in [0.4, 0.5) is 0 Å². The van der Waals surface area contributed by atoms with Crippen LogP contribution < -0.4 is 5.32 Å². The summed E-state index contributed by atoms with van der Waals surface area (Å²) in [6.07, 6.45) is 8.30. The van der Waals surface area contributed by atoms with Crippen molar-refractivity contribution in [3.8, 4) is 0 Å². The smallest absolute Gasteiger partial charge is 0.0465 e. The van der Waals surface area contributed by atoms with Gasteiger partial charge in [-0.05, 0) is 56.2 Å². The van der Waals surface area contributed by atoms with Crippen molar-refractivity contribution < 1.29 is 0 Å². The van der Waals surface area contributed by atoms with E-state index in [1.807, 2.05) is 0 Å². The predicted molar refractivity (Wildman–Crippen MR) is 72.1 cm³/mol. The molecule has 0 spiro atoms. The summed E-state index contributed by atoms with van der Waals surface area (Å²) < 4.78 is 0. The summed E-state index contributed by atoms with van der Waals surface area (Å²) in [5, 5.41) is 3.91. The van der Waals surface area contributed by atoms with Crippen molar-refractivity contribution in [2.45, 2.75) is 51.0 Å². The van der Waals surface area contributed by atoms with Crippen molar-refractivity contribution >= 4 is 0 Å². The van der Waals surface area contributed by atoms with Crippen molar-refractivity contribution in [3.63, 3.8) is 0 Å². The zero-order chi connectivity index (χ0) is 11.7. The summed E-state index contributed by atoms with van der Waals surface area (Å²) >= 11 is 0.